The molecule has 2 aliphatic rings. The normalized spacial score (nSPS) is 17.8. The Kier molecular flexibility index (Phi) is 14.1. The summed E-state index contributed by atoms with van der Waals surface area (Å²) in [5.74, 6) is 1.00. The molecule has 0 spiro atoms. The van der Waals surface area contributed by atoms with Crippen LogP contribution in [0.2, 0.25) is 0 Å². The lowest BCUT2D eigenvalue weighted by atomic mass is 10.1. The van der Waals surface area contributed by atoms with Gasteiger partial charge in [0.25, 0.3) is 0 Å². The number of likely N-dealkylation sites (N-methyl/N-ethyl adjacent to an activating group) is 1. The number of carbonyl (C=O) groups excluding carboxylic acids is 2. The van der Waals surface area contributed by atoms with Crippen molar-refractivity contribution in [3.8, 4) is 0 Å². The fourth-order valence-corrected chi connectivity index (χ4v) is 3.62. The first kappa shape index (κ1) is 27.9. The summed E-state index contributed by atoms with van der Waals surface area (Å²) in [6.07, 6.45) is 4.37. The van der Waals surface area contributed by atoms with E-state index in [4.69, 9.17) is 4.74 Å². The van der Waals surface area contributed by atoms with E-state index in [1.807, 2.05) is 11.8 Å². The summed E-state index contributed by atoms with van der Waals surface area (Å²) in [5, 5.41) is 3.38. The molecular weight excluding hydrogens is 511 g/mol. The third-order valence-corrected chi connectivity index (χ3v) is 5.56. The van der Waals surface area contributed by atoms with Crippen LogP contribution in [0.25, 0.3) is 0 Å². The number of guanidine groups is 1. The minimum atomic E-state index is -0.0191. The van der Waals surface area contributed by atoms with Gasteiger partial charge in [-0.1, -0.05) is 0 Å². The van der Waals surface area contributed by atoms with Crippen molar-refractivity contribution in [2.45, 2.75) is 32.6 Å². The van der Waals surface area contributed by atoms with Crippen molar-refractivity contribution in [3.63, 3.8) is 0 Å². The summed E-state index contributed by atoms with van der Waals surface area (Å²) in [4.78, 5) is 37.0. The largest absolute Gasteiger partial charge is 0.382 e. The Labute approximate surface area is 204 Å². The highest BCUT2D eigenvalue weighted by Crippen LogP contribution is 2.10. The summed E-state index contributed by atoms with van der Waals surface area (Å²) in [5.41, 5.74) is 0. The van der Waals surface area contributed by atoms with Gasteiger partial charge in [0.2, 0.25) is 11.8 Å². The van der Waals surface area contributed by atoms with E-state index < -0.39 is 0 Å². The van der Waals surface area contributed by atoms with Crippen LogP contribution in [0.3, 0.4) is 0 Å². The van der Waals surface area contributed by atoms with Gasteiger partial charge in [0.15, 0.2) is 5.96 Å². The van der Waals surface area contributed by atoms with Gasteiger partial charge in [-0.3, -0.25) is 14.5 Å². The summed E-state index contributed by atoms with van der Waals surface area (Å²) in [7, 11) is 3.48. The molecule has 0 unspecified atom stereocenters. The summed E-state index contributed by atoms with van der Waals surface area (Å²) in [6, 6.07) is 0. The highest BCUT2D eigenvalue weighted by Gasteiger charge is 2.24. The van der Waals surface area contributed by atoms with Gasteiger partial charge in [0.05, 0.1) is 6.54 Å². The minimum absolute atomic E-state index is 0. The summed E-state index contributed by atoms with van der Waals surface area (Å²) < 4.78 is 5.39. The summed E-state index contributed by atoms with van der Waals surface area (Å²) in [6.45, 7) is 9.84. The van der Waals surface area contributed by atoms with Crippen LogP contribution in [0.15, 0.2) is 4.99 Å². The highest BCUT2D eigenvalue weighted by molar-refractivity contribution is 14.0. The molecule has 0 atom stereocenters. The first-order chi connectivity index (χ1) is 14.5. The predicted molar refractivity (Wildman–Crippen MR) is 134 cm³/mol. The summed E-state index contributed by atoms with van der Waals surface area (Å²) >= 11 is 0. The van der Waals surface area contributed by atoms with Crippen LogP contribution in [0.5, 0.6) is 0 Å². The Balaban J connectivity index is 0.00000480. The second kappa shape index (κ2) is 15.6. The van der Waals surface area contributed by atoms with Crippen molar-refractivity contribution in [1.29, 1.82) is 0 Å². The molecule has 9 nitrogen and oxygen atoms in total. The number of ether oxygens (including phenoxy) is 1. The molecule has 0 aromatic carbocycles. The van der Waals surface area contributed by atoms with Crippen molar-refractivity contribution in [2.24, 2.45) is 4.99 Å². The molecule has 0 aromatic rings. The second-order valence-corrected chi connectivity index (χ2v) is 8.11. The molecule has 31 heavy (non-hydrogen) atoms. The second-order valence-electron chi connectivity index (χ2n) is 8.11. The Morgan fingerprint density at radius 1 is 1.00 bits per heavy atom. The minimum Gasteiger partial charge on any atom is -0.382 e. The number of nitrogens with zero attached hydrogens (tertiary/aromatic N) is 5. The van der Waals surface area contributed by atoms with Gasteiger partial charge in [-0.2, -0.15) is 0 Å². The van der Waals surface area contributed by atoms with Gasteiger partial charge < -0.3 is 24.8 Å². The number of carbonyl (C=O) groups is 2. The van der Waals surface area contributed by atoms with Crippen molar-refractivity contribution in [3.05, 3.63) is 0 Å². The Morgan fingerprint density at radius 2 is 1.68 bits per heavy atom. The van der Waals surface area contributed by atoms with Crippen LogP contribution in [0, 0.1) is 0 Å². The van der Waals surface area contributed by atoms with Gasteiger partial charge in [-0.15, -0.1) is 24.0 Å². The molecule has 2 aliphatic heterocycles. The monoisotopic (exact) mass is 552 g/mol. The lowest BCUT2D eigenvalue weighted by Crippen LogP contribution is -2.54. The molecule has 2 fully saturated rings. The third-order valence-electron chi connectivity index (χ3n) is 5.56. The number of amides is 2. The van der Waals surface area contributed by atoms with Crippen LogP contribution in [0.4, 0.5) is 0 Å². The molecule has 0 radical (unpaired) electrons. The quantitative estimate of drug-likeness (QED) is 0.196. The molecule has 0 aliphatic carbocycles. The average molecular weight is 553 g/mol. The van der Waals surface area contributed by atoms with Crippen molar-refractivity contribution in [1.82, 2.24) is 24.9 Å². The number of hydrogen-bond donors (Lipinski definition) is 1. The number of likely N-dealkylation sites (tertiary alicyclic amines) is 1. The van der Waals surface area contributed by atoms with Crippen molar-refractivity contribution >= 4 is 41.8 Å². The van der Waals surface area contributed by atoms with E-state index in [0.29, 0.717) is 13.2 Å². The topological polar surface area (TPSA) is 80.7 Å². The van der Waals surface area contributed by atoms with Gasteiger partial charge in [-0.25, -0.2) is 4.99 Å². The van der Waals surface area contributed by atoms with Gasteiger partial charge in [-0.05, 0) is 32.6 Å². The molecule has 2 saturated heterocycles. The molecule has 0 bridgehead atoms. The first-order valence-electron chi connectivity index (χ1n) is 11.3. The first-order valence-corrected chi connectivity index (χ1v) is 11.3. The number of rotatable bonds is 9. The Morgan fingerprint density at radius 3 is 2.29 bits per heavy atom. The van der Waals surface area contributed by atoms with Crippen LogP contribution < -0.4 is 5.32 Å². The molecule has 0 aromatic heterocycles. The standard InChI is InChI=1S/C21H40N6O3.HI/c1-4-30-16-8-9-22-21(23-17-19(28)24(2)3)27-14-12-25(13-15-27)18-20(29)26-10-6-5-7-11-26;/h4-18H2,1-3H3,(H,22,23);1H. The van der Waals surface area contributed by atoms with Gasteiger partial charge in [0.1, 0.15) is 6.54 Å². The number of halogens is 1. The smallest absolute Gasteiger partial charge is 0.243 e. The van der Waals surface area contributed by atoms with E-state index in [1.54, 1.807) is 19.0 Å². The Hall–Kier alpha value is -1.14. The van der Waals surface area contributed by atoms with E-state index in [0.717, 1.165) is 77.6 Å². The molecule has 10 heteroatoms. The van der Waals surface area contributed by atoms with E-state index >= 15 is 0 Å². The molecule has 0 saturated carbocycles. The molecule has 2 amide bonds. The lowest BCUT2D eigenvalue weighted by molar-refractivity contribution is -0.133. The fraction of sp³-hybridized carbons (Fsp3) is 0.857. The maximum Gasteiger partial charge on any atom is 0.243 e. The average Bonchev–Trinajstić information content (AvgIpc) is 2.76. The molecule has 2 rings (SSSR count). The zero-order valence-electron chi connectivity index (χ0n) is 19.5. The van der Waals surface area contributed by atoms with Crippen molar-refractivity contribution < 1.29 is 14.3 Å². The van der Waals surface area contributed by atoms with Crippen LogP contribution >= 0.6 is 24.0 Å². The zero-order chi connectivity index (χ0) is 21.8. The number of nitrogens with one attached hydrogen (secondary N) is 1. The SMILES string of the molecule is CCOCCCNC(=NCC(=O)N(C)C)N1CCN(CC(=O)N2CCCCC2)CC1.I. The predicted octanol–water partition coefficient (Wildman–Crippen LogP) is 0.695. The number of hydrogen-bond acceptors (Lipinski definition) is 5. The van der Waals surface area contributed by atoms with E-state index in [1.165, 1.54) is 6.42 Å². The third kappa shape index (κ3) is 10.3. The van der Waals surface area contributed by atoms with Crippen molar-refractivity contribution in [2.75, 3.05) is 86.2 Å². The van der Waals surface area contributed by atoms with Gasteiger partial charge in [0, 0.05) is 73.1 Å². The zero-order valence-corrected chi connectivity index (χ0v) is 21.8. The van der Waals surface area contributed by atoms with Gasteiger partial charge >= 0.3 is 0 Å². The van der Waals surface area contributed by atoms with E-state index in [9.17, 15) is 9.59 Å². The van der Waals surface area contributed by atoms with E-state index in [2.05, 4.69) is 20.1 Å². The fourth-order valence-electron chi connectivity index (χ4n) is 3.62. The maximum atomic E-state index is 12.5. The number of piperidine rings is 1. The maximum absolute atomic E-state index is 12.5. The Bertz CT molecular complexity index is 561. The molecule has 1 N–H and O–H groups in total. The molecular formula is C21H41IN6O3. The van der Waals surface area contributed by atoms with Crippen LogP contribution in [-0.2, 0) is 14.3 Å². The number of aliphatic imine (C=N–C) groups is 1. The van der Waals surface area contributed by atoms with E-state index in [-0.39, 0.29) is 42.3 Å². The molecule has 2 heterocycles. The lowest BCUT2D eigenvalue weighted by Gasteiger charge is -2.37. The molecule has 180 valence electrons. The van der Waals surface area contributed by atoms with Crippen LogP contribution in [0.1, 0.15) is 32.6 Å². The number of piperazine rings is 1. The highest BCUT2D eigenvalue weighted by atomic mass is 127. The van der Waals surface area contributed by atoms with Crippen LogP contribution in [-0.4, -0.2) is 124 Å².